The molecule has 0 spiro atoms. The molecule has 0 bridgehead atoms. The van der Waals surface area contributed by atoms with E-state index in [1.807, 2.05) is 6.07 Å². The van der Waals surface area contributed by atoms with E-state index in [0.717, 1.165) is 10.0 Å². The average Bonchev–Trinajstić information content (AvgIpc) is 1.98. The number of benzene rings is 1. The van der Waals surface area contributed by atoms with Gasteiger partial charge in [-0.05, 0) is 23.8 Å². The van der Waals surface area contributed by atoms with Crippen LogP contribution < -0.4 is 5.32 Å². The number of hydrogen-bond acceptors (Lipinski definition) is 2. The van der Waals surface area contributed by atoms with E-state index in [0.29, 0.717) is 18.1 Å². The molecule has 2 rings (SSSR count). The van der Waals surface area contributed by atoms with Gasteiger partial charge in [0.1, 0.15) is 5.60 Å². The summed E-state index contributed by atoms with van der Waals surface area (Å²) in [5.74, 6) is 0. The van der Waals surface area contributed by atoms with Gasteiger partial charge in [-0.2, -0.15) is 0 Å². The molecular formula is C9H9BrClNO. The second kappa shape index (κ2) is 3.24. The summed E-state index contributed by atoms with van der Waals surface area (Å²) < 4.78 is 0.898. The van der Waals surface area contributed by atoms with Crippen molar-refractivity contribution in [3.8, 4) is 0 Å². The van der Waals surface area contributed by atoms with Crippen molar-refractivity contribution in [2.75, 3.05) is 13.1 Å². The van der Waals surface area contributed by atoms with Crippen LogP contribution in [0.4, 0.5) is 0 Å². The van der Waals surface area contributed by atoms with Gasteiger partial charge in [0.05, 0.1) is 0 Å². The maximum Gasteiger partial charge on any atom is 0.114 e. The Balaban J connectivity index is 2.39. The fourth-order valence-corrected chi connectivity index (χ4v) is 2.25. The van der Waals surface area contributed by atoms with Gasteiger partial charge < -0.3 is 10.4 Å². The second-order valence-corrected chi connectivity index (χ2v) is 4.65. The predicted molar refractivity (Wildman–Crippen MR) is 55.9 cm³/mol. The van der Waals surface area contributed by atoms with E-state index in [2.05, 4.69) is 21.2 Å². The first-order chi connectivity index (χ1) is 6.10. The smallest absolute Gasteiger partial charge is 0.114 e. The van der Waals surface area contributed by atoms with Crippen LogP contribution in [-0.2, 0) is 5.60 Å². The van der Waals surface area contributed by atoms with E-state index in [1.54, 1.807) is 12.1 Å². The van der Waals surface area contributed by atoms with Crippen molar-refractivity contribution >= 4 is 27.5 Å². The summed E-state index contributed by atoms with van der Waals surface area (Å²) in [5, 5.41) is 13.7. The van der Waals surface area contributed by atoms with Crippen molar-refractivity contribution in [2.24, 2.45) is 0 Å². The quantitative estimate of drug-likeness (QED) is 0.810. The van der Waals surface area contributed by atoms with Crippen molar-refractivity contribution in [3.05, 3.63) is 33.3 Å². The summed E-state index contributed by atoms with van der Waals surface area (Å²) in [4.78, 5) is 0. The van der Waals surface area contributed by atoms with Crippen molar-refractivity contribution < 1.29 is 5.11 Å². The molecule has 2 N–H and O–H groups in total. The number of halogens is 2. The van der Waals surface area contributed by atoms with Crippen LogP contribution in [0.5, 0.6) is 0 Å². The van der Waals surface area contributed by atoms with E-state index >= 15 is 0 Å². The summed E-state index contributed by atoms with van der Waals surface area (Å²) in [7, 11) is 0. The van der Waals surface area contributed by atoms with Crippen LogP contribution in [0.3, 0.4) is 0 Å². The average molecular weight is 263 g/mol. The molecule has 0 amide bonds. The van der Waals surface area contributed by atoms with Crippen LogP contribution in [-0.4, -0.2) is 18.2 Å². The summed E-state index contributed by atoms with van der Waals surface area (Å²) >= 11 is 9.22. The first-order valence-electron chi connectivity index (χ1n) is 4.00. The fraction of sp³-hybridized carbons (Fsp3) is 0.333. The summed E-state index contributed by atoms with van der Waals surface area (Å²) in [6.07, 6.45) is 0. The number of β-amino-alcohol motifs (C(OH)–C–C–N with tert-alkyl or cyclic N) is 1. The lowest BCUT2D eigenvalue weighted by molar-refractivity contribution is -0.0147. The minimum absolute atomic E-state index is 0.597. The highest BCUT2D eigenvalue weighted by Gasteiger charge is 2.36. The molecule has 2 nitrogen and oxygen atoms in total. The zero-order valence-corrected chi connectivity index (χ0v) is 9.19. The van der Waals surface area contributed by atoms with E-state index in [1.165, 1.54) is 0 Å². The van der Waals surface area contributed by atoms with Crippen molar-refractivity contribution in [2.45, 2.75) is 5.60 Å². The molecule has 1 saturated heterocycles. The molecule has 0 aromatic heterocycles. The molecule has 1 heterocycles. The Morgan fingerprint density at radius 3 is 2.54 bits per heavy atom. The maximum atomic E-state index is 9.99. The molecule has 1 aliphatic heterocycles. The lowest BCUT2D eigenvalue weighted by atomic mass is 9.88. The Labute approximate surface area is 90.0 Å². The third-order valence-corrected chi connectivity index (χ3v) is 2.91. The van der Waals surface area contributed by atoms with Gasteiger partial charge in [-0.3, -0.25) is 0 Å². The van der Waals surface area contributed by atoms with E-state index in [-0.39, 0.29) is 0 Å². The van der Waals surface area contributed by atoms with Crippen LogP contribution in [0.2, 0.25) is 5.02 Å². The minimum atomic E-state index is -0.729. The van der Waals surface area contributed by atoms with Crippen LogP contribution >= 0.6 is 27.5 Å². The molecule has 1 fully saturated rings. The molecule has 0 saturated carbocycles. The molecule has 1 aromatic rings. The molecule has 1 aliphatic rings. The Morgan fingerprint density at radius 1 is 1.38 bits per heavy atom. The van der Waals surface area contributed by atoms with Gasteiger partial charge in [0.2, 0.25) is 0 Å². The molecular weight excluding hydrogens is 253 g/mol. The standard InChI is InChI=1S/C9H9BrClNO/c10-7-1-6(2-8(11)3-7)9(13)4-12-5-9/h1-3,12-13H,4-5H2. The lowest BCUT2D eigenvalue weighted by Crippen LogP contribution is -2.56. The highest BCUT2D eigenvalue weighted by molar-refractivity contribution is 9.10. The van der Waals surface area contributed by atoms with Crippen molar-refractivity contribution in [1.29, 1.82) is 0 Å². The lowest BCUT2D eigenvalue weighted by Gasteiger charge is -2.38. The first-order valence-corrected chi connectivity index (χ1v) is 5.17. The van der Waals surface area contributed by atoms with Gasteiger partial charge in [0.15, 0.2) is 0 Å². The monoisotopic (exact) mass is 261 g/mol. The molecule has 0 atom stereocenters. The Bertz CT molecular complexity index is 318. The van der Waals surface area contributed by atoms with Gasteiger partial charge in [-0.25, -0.2) is 0 Å². The molecule has 1 aromatic carbocycles. The maximum absolute atomic E-state index is 9.99. The topological polar surface area (TPSA) is 32.3 Å². The van der Waals surface area contributed by atoms with Crippen LogP contribution in [0, 0.1) is 0 Å². The summed E-state index contributed by atoms with van der Waals surface area (Å²) in [5.41, 5.74) is 0.138. The molecule has 4 heteroatoms. The molecule has 13 heavy (non-hydrogen) atoms. The van der Waals surface area contributed by atoms with Gasteiger partial charge in [-0.15, -0.1) is 0 Å². The normalized spacial score (nSPS) is 19.6. The van der Waals surface area contributed by atoms with E-state index in [9.17, 15) is 5.11 Å². The Morgan fingerprint density at radius 2 is 2.08 bits per heavy atom. The first kappa shape index (κ1) is 9.46. The zero-order valence-electron chi connectivity index (χ0n) is 6.85. The highest BCUT2D eigenvalue weighted by Crippen LogP contribution is 2.30. The van der Waals surface area contributed by atoms with Gasteiger partial charge in [0.25, 0.3) is 0 Å². The summed E-state index contributed by atoms with van der Waals surface area (Å²) in [6.45, 7) is 1.19. The van der Waals surface area contributed by atoms with Gasteiger partial charge in [-0.1, -0.05) is 27.5 Å². The molecule has 0 radical (unpaired) electrons. The Hall–Kier alpha value is -0.0900. The number of aliphatic hydroxyl groups is 1. The zero-order chi connectivity index (χ0) is 9.47. The van der Waals surface area contributed by atoms with Crippen molar-refractivity contribution in [3.63, 3.8) is 0 Å². The SMILES string of the molecule is OC1(c2cc(Cl)cc(Br)c2)CNC1. The van der Waals surface area contributed by atoms with Gasteiger partial charge in [0, 0.05) is 22.6 Å². The minimum Gasteiger partial charge on any atom is -0.382 e. The largest absolute Gasteiger partial charge is 0.382 e. The Kier molecular flexibility index (Phi) is 2.36. The molecule has 70 valence electrons. The number of hydrogen-bond donors (Lipinski definition) is 2. The number of rotatable bonds is 1. The van der Waals surface area contributed by atoms with E-state index in [4.69, 9.17) is 11.6 Å². The highest BCUT2D eigenvalue weighted by atomic mass is 79.9. The third-order valence-electron chi connectivity index (χ3n) is 2.23. The van der Waals surface area contributed by atoms with Crippen LogP contribution in [0.25, 0.3) is 0 Å². The third kappa shape index (κ3) is 1.74. The van der Waals surface area contributed by atoms with Crippen LogP contribution in [0.1, 0.15) is 5.56 Å². The van der Waals surface area contributed by atoms with E-state index < -0.39 is 5.60 Å². The van der Waals surface area contributed by atoms with Gasteiger partial charge >= 0.3 is 0 Å². The fourth-order valence-electron chi connectivity index (χ4n) is 1.39. The summed E-state index contributed by atoms with van der Waals surface area (Å²) in [6, 6.07) is 5.50. The number of nitrogens with one attached hydrogen (secondary N) is 1. The molecule has 0 unspecified atom stereocenters. The van der Waals surface area contributed by atoms with Crippen LogP contribution in [0.15, 0.2) is 22.7 Å². The van der Waals surface area contributed by atoms with Crippen molar-refractivity contribution in [1.82, 2.24) is 5.32 Å². The predicted octanol–water partition coefficient (Wildman–Crippen LogP) is 1.89. The second-order valence-electron chi connectivity index (χ2n) is 3.29. The molecule has 0 aliphatic carbocycles.